The Morgan fingerprint density at radius 1 is 1.60 bits per heavy atom. The Morgan fingerprint density at radius 3 is 2.80 bits per heavy atom. The van der Waals surface area contributed by atoms with Gasteiger partial charge in [-0.1, -0.05) is 0 Å². The minimum Gasteiger partial charge on any atom is -0.383 e. The molecule has 0 unspecified atom stereocenters. The van der Waals surface area contributed by atoms with Crippen LogP contribution in [0.3, 0.4) is 0 Å². The summed E-state index contributed by atoms with van der Waals surface area (Å²) in [4.78, 5) is 4.67. The van der Waals surface area contributed by atoms with Gasteiger partial charge in [-0.25, -0.2) is 4.98 Å². The van der Waals surface area contributed by atoms with Crippen LogP contribution in [0.2, 0.25) is 0 Å². The van der Waals surface area contributed by atoms with E-state index in [1.807, 2.05) is 6.07 Å². The van der Waals surface area contributed by atoms with E-state index < -0.39 is 0 Å². The quantitative estimate of drug-likeness (QED) is 0.702. The summed E-state index contributed by atoms with van der Waals surface area (Å²) in [6.45, 7) is 0. The molecular formula is C5H6BrN3S. The Kier molecular flexibility index (Phi) is 2.53. The topological polar surface area (TPSA) is 64.9 Å². The monoisotopic (exact) mass is 219 g/mol. The van der Waals surface area contributed by atoms with Crippen LogP contribution in [0.5, 0.6) is 0 Å². The average Bonchev–Trinajstić information content (AvgIpc) is 1.94. The van der Waals surface area contributed by atoms with Crippen LogP contribution in [0, 0.1) is 0 Å². The van der Waals surface area contributed by atoms with Crippen molar-refractivity contribution < 1.29 is 0 Å². The van der Waals surface area contributed by atoms with E-state index in [0.717, 1.165) is 21.3 Å². The molecule has 0 bridgehead atoms. The van der Waals surface area contributed by atoms with E-state index in [9.17, 15) is 0 Å². The molecule has 54 valence electrons. The maximum atomic E-state index is 5.47. The standard InChI is InChI=1S/C5H6BrN3S/c6-3-1-4(10-8)5(7)9-2-3/h1-2H,8H2,(H2,7,9). The van der Waals surface area contributed by atoms with Gasteiger partial charge in [0.25, 0.3) is 0 Å². The third kappa shape index (κ3) is 1.62. The minimum absolute atomic E-state index is 0.468. The fourth-order valence-electron chi connectivity index (χ4n) is 0.526. The van der Waals surface area contributed by atoms with Crippen molar-refractivity contribution >= 4 is 33.7 Å². The summed E-state index contributed by atoms with van der Waals surface area (Å²) in [7, 11) is 0. The van der Waals surface area contributed by atoms with E-state index in [-0.39, 0.29) is 0 Å². The molecule has 0 amide bonds. The van der Waals surface area contributed by atoms with Crippen LogP contribution in [-0.2, 0) is 0 Å². The lowest BCUT2D eigenvalue weighted by Gasteiger charge is -1.99. The number of aromatic nitrogens is 1. The van der Waals surface area contributed by atoms with Gasteiger partial charge in [0.1, 0.15) is 5.82 Å². The smallest absolute Gasteiger partial charge is 0.138 e. The summed E-state index contributed by atoms with van der Waals surface area (Å²) < 4.78 is 0.884. The summed E-state index contributed by atoms with van der Waals surface area (Å²) in [6.07, 6.45) is 1.63. The third-order valence-corrected chi connectivity index (χ3v) is 1.99. The van der Waals surface area contributed by atoms with Gasteiger partial charge in [-0.05, 0) is 33.9 Å². The molecule has 0 radical (unpaired) electrons. The molecule has 5 heteroatoms. The van der Waals surface area contributed by atoms with Gasteiger partial charge in [0.15, 0.2) is 0 Å². The lowest BCUT2D eigenvalue weighted by molar-refractivity contribution is 1.23. The molecule has 1 aromatic rings. The molecule has 3 nitrogen and oxygen atoms in total. The highest BCUT2D eigenvalue weighted by atomic mass is 79.9. The molecule has 1 aromatic heterocycles. The largest absolute Gasteiger partial charge is 0.383 e. The first-order valence-electron chi connectivity index (χ1n) is 2.52. The molecule has 0 saturated carbocycles. The van der Waals surface area contributed by atoms with Crippen molar-refractivity contribution in [3.05, 3.63) is 16.7 Å². The molecule has 0 aliphatic rings. The third-order valence-electron chi connectivity index (χ3n) is 0.975. The molecule has 0 saturated heterocycles. The molecule has 0 atom stereocenters. The van der Waals surface area contributed by atoms with Gasteiger partial charge in [0, 0.05) is 10.7 Å². The molecule has 0 aromatic carbocycles. The zero-order valence-electron chi connectivity index (χ0n) is 5.04. The maximum Gasteiger partial charge on any atom is 0.138 e. The van der Waals surface area contributed by atoms with Crippen LogP contribution in [0.25, 0.3) is 0 Å². The second-order valence-electron chi connectivity index (χ2n) is 1.65. The first kappa shape index (κ1) is 7.84. The Bertz CT molecular complexity index is 240. The maximum absolute atomic E-state index is 5.47. The normalized spacial score (nSPS) is 9.80. The summed E-state index contributed by atoms with van der Waals surface area (Å²) in [5.74, 6) is 0.468. The zero-order valence-corrected chi connectivity index (χ0v) is 7.45. The molecule has 0 aliphatic heterocycles. The number of hydrogen-bond donors (Lipinski definition) is 2. The van der Waals surface area contributed by atoms with Crippen molar-refractivity contribution in [1.82, 2.24) is 4.98 Å². The van der Waals surface area contributed by atoms with Gasteiger partial charge in [-0.3, -0.25) is 5.14 Å². The van der Waals surface area contributed by atoms with Crippen LogP contribution in [0.1, 0.15) is 0 Å². The first-order chi connectivity index (χ1) is 4.74. The van der Waals surface area contributed by atoms with Gasteiger partial charge in [-0.15, -0.1) is 0 Å². The lowest BCUT2D eigenvalue weighted by Crippen LogP contribution is -1.93. The van der Waals surface area contributed by atoms with E-state index in [1.165, 1.54) is 0 Å². The van der Waals surface area contributed by atoms with E-state index in [0.29, 0.717) is 5.82 Å². The summed E-state index contributed by atoms with van der Waals surface area (Å²) in [6, 6.07) is 1.83. The van der Waals surface area contributed by atoms with Crippen LogP contribution < -0.4 is 10.9 Å². The summed E-state index contributed by atoms with van der Waals surface area (Å²) in [5.41, 5.74) is 5.47. The molecule has 0 fully saturated rings. The Balaban J connectivity index is 3.09. The van der Waals surface area contributed by atoms with Gasteiger partial charge in [0.05, 0.1) is 4.90 Å². The van der Waals surface area contributed by atoms with Crippen LogP contribution >= 0.6 is 27.9 Å². The summed E-state index contributed by atoms with van der Waals surface area (Å²) >= 11 is 4.34. The fraction of sp³-hybridized carbons (Fsp3) is 0. The van der Waals surface area contributed by atoms with E-state index >= 15 is 0 Å². The number of halogens is 1. The van der Waals surface area contributed by atoms with Gasteiger partial charge < -0.3 is 5.73 Å². The molecule has 0 aliphatic carbocycles. The van der Waals surface area contributed by atoms with Crippen molar-refractivity contribution in [2.24, 2.45) is 5.14 Å². The highest BCUT2D eigenvalue weighted by Gasteiger charge is 1.98. The fourth-order valence-corrected chi connectivity index (χ4v) is 1.38. The number of rotatable bonds is 1. The highest BCUT2D eigenvalue weighted by Crippen LogP contribution is 2.21. The molecule has 4 N–H and O–H groups in total. The molecule has 1 rings (SSSR count). The predicted molar refractivity (Wildman–Crippen MR) is 46.4 cm³/mol. The van der Waals surface area contributed by atoms with Crippen molar-refractivity contribution in [2.45, 2.75) is 4.90 Å². The number of pyridine rings is 1. The number of nitrogen functional groups attached to an aromatic ring is 1. The molecule has 10 heavy (non-hydrogen) atoms. The summed E-state index contributed by atoms with van der Waals surface area (Å²) in [5, 5.41) is 5.30. The number of anilines is 1. The van der Waals surface area contributed by atoms with Crippen LogP contribution in [0.15, 0.2) is 21.6 Å². The predicted octanol–water partition coefficient (Wildman–Crippen LogP) is 1.39. The van der Waals surface area contributed by atoms with Crippen molar-refractivity contribution in [3.63, 3.8) is 0 Å². The average molecular weight is 220 g/mol. The van der Waals surface area contributed by atoms with Gasteiger partial charge >= 0.3 is 0 Å². The van der Waals surface area contributed by atoms with Gasteiger partial charge in [-0.2, -0.15) is 0 Å². The second-order valence-corrected chi connectivity index (χ2v) is 3.25. The second kappa shape index (κ2) is 3.23. The van der Waals surface area contributed by atoms with Crippen molar-refractivity contribution in [2.75, 3.05) is 5.73 Å². The molecular weight excluding hydrogens is 214 g/mol. The first-order valence-corrected chi connectivity index (χ1v) is 4.19. The van der Waals surface area contributed by atoms with Crippen LogP contribution in [0.4, 0.5) is 5.82 Å². The van der Waals surface area contributed by atoms with Crippen LogP contribution in [-0.4, -0.2) is 4.98 Å². The van der Waals surface area contributed by atoms with E-state index in [2.05, 4.69) is 20.9 Å². The van der Waals surface area contributed by atoms with Crippen molar-refractivity contribution in [3.8, 4) is 0 Å². The minimum atomic E-state index is 0.468. The van der Waals surface area contributed by atoms with Crippen molar-refractivity contribution in [1.29, 1.82) is 0 Å². The Hall–Kier alpha value is -0.260. The van der Waals surface area contributed by atoms with E-state index in [4.69, 9.17) is 10.9 Å². The molecule has 0 spiro atoms. The number of hydrogen-bond acceptors (Lipinski definition) is 4. The zero-order chi connectivity index (χ0) is 7.56. The Morgan fingerprint density at radius 2 is 2.30 bits per heavy atom. The number of nitrogens with zero attached hydrogens (tertiary/aromatic N) is 1. The molecule has 1 heterocycles. The van der Waals surface area contributed by atoms with Gasteiger partial charge in [0.2, 0.25) is 0 Å². The Labute approximate surface area is 71.5 Å². The SMILES string of the molecule is NSc1cc(Br)cnc1N. The highest BCUT2D eigenvalue weighted by molar-refractivity contribution is 9.10. The lowest BCUT2D eigenvalue weighted by atomic mass is 10.5. The van der Waals surface area contributed by atoms with E-state index in [1.54, 1.807) is 6.20 Å². The number of nitrogens with two attached hydrogens (primary N) is 2.